The van der Waals surface area contributed by atoms with Crippen molar-refractivity contribution in [3.05, 3.63) is 84.1 Å². The monoisotopic (exact) mass is 466 g/mol. The van der Waals surface area contributed by atoms with Crippen molar-refractivity contribution in [3.8, 4) is 23.0 Å². The highest BCUT2D eigenvalue weighted by Crippen LogP contribution is 2.29. The second kappa shape index (κ2) is 9.54. The van der Waals surface area contributed by atoms with Gasteiger partial charge in [0.25, 0.3) is 0 Å². The Morgan fingerprint density at radius 1 is 0.969 bits per heavy atom. The molecule has 0 fully saturated rings. The molecule has 2 aromatic carbocycles. The molecule has 4 rings (SSSR count). The zero-order valence-corrected chi connectivity index (χ0v) is 19.3. The first-order valence-corrected chi connectivity index (χ1v) is 12.5. The molecule has 7 nitrogen and oxygen atoms in total. The normalized spacial score (nSPS) is 11.4. The molecule has 0 spiro atoms. The lowest BCUT2D eigenvalue weighted by atomic mass is 10.1. The summed E-state index contributed by atoms with van der Waals surface area (Å²) in [5.74, 6) is 1.00. The lowest BCUT2D eigenvalue weighted by molar-refractivity contribution is 0.488. The predicted octanol–water partition coefficient (Wildman–Crippen LogP) is 4.45. The minimum atomic E-state index is -3.73. The molecule has 0 aliphatic rings. The second-order valence-electron chi connectivity index (χ2n) is 7.15. The van der Waals surface area contributed by atoms with E-state index in [9.17, 15) is 8.42 Å². The topological polar surface area (TPSA) is 87.0 Å². The van der Waals surface area contributed by atoms with Gasteiger partial charge in [-0.15, -0.1) is 10.2 Å². The summed E-state index contributed by atoms with van der Waals surface area (Å²) in [6.45, 7) is 4.06. The van der Waals surface area contributed by atoms with Gasteiger partial charge in [-0.25, -0.2) is 0 Å². The number of para-hydroxylation sites is 1. The third-order valence-corrected chi connectivity index (χ3v) is 6.99. The molecule has 9 heteroatoms. The van der Waals surface area contributed by atoms with E-state index in [-0.39, 0.29) is 11.5 Å². The van der Waals surface area contributed by atoms with Crippen LogP contribution in [0, 0.1) is 13.8 Å². The van der Waals surface area contributed by atoms with E-state index in [1.807, 2.05) is 48.7 Å². The van der Waals surface area contributed by atoms with Crippen LogP contribution in [0.15, 0.2) is 78.1 Å². The SMILES string of the molecule is Cc1ccc(-n2c(SCCS(=O)(=O)Oc3ccccc3)nnc2-c2ccccn2)c(C)c1. The van der Waals surface area contributed by atoms with Crippen molar-refractivity contribution in [3.63, 3.8) is 0 Å². The average Bonchev–Trinajstić information content (AvgIpc) is 3.18. The summed E-state index contributed by atoms with van der Waals surface area (Å²) in [6.07, 6.45) is 1.71. The van der Waals surface area contributed by atoms with E-state index >= 15 is 0 Å². The molecule has 0 saturated heterocycles. The van der Waals surface area contributed by atoms with Crippen LogP contribution >= 0.6 is 11.8 Å². The molecule has 0 aliphatic carbocycles. The Labute approximate surface area is 191 Å². The van der Waals surface area contributed by atoms with E-state index in [0.717, 1.165) is 16.8 Å². The largest absolute Gasteiger partial charge is 0.382 e. The Kier molecular flexibility index (Phi) is 6.57. The molecule has 4 aromatic rings. The Hall–Kier alpha value is -3.17. The number of hydrogen-bond acceptors (Lipinski definition) is 7. The standard InChI is InChI=1S/C23H22N4O3S2/c1-17-11-12-21(18(2)16-17)27-22(20-10-6-7-13-24-20)25-26-23(27)31-14-15-32(28,29)30-19-8-4-3-5-9-19/h3-13,16H,14-15H2,1-2H3. The van der Waals surface area contributed by atoms with Crippen LogP contribution in [0.4, 0.5) is 0 Å². The van der Waals surface area contributed by atoms with Gasteiger partial charge in [0.1, 0.15) is 11.4 Å². The fraction of sp³-hybridized carbons (Fsp3) is 0.174. The van der Waals surface area contributed by atoms with E-state index in [2.05, 4.69) is 21.2 Å². The highest BCUT2D eigenvalue weighted by molar-refractivity contribution is 8.00. The van der Waals surface area contributed by atoms with Gasteiger partial charge in [0.05, 0.1) is 11.4 Å². The number of benzene rings is 2. The van der Waals surface area contributed by atoms with Crippen LogP contribution in [-0.4, -0.2) is 39.7 Å². The van der Waals surface area contributed by atoms with Crippen LogP contribution in [0.3, 0.4) is 0 Å². The summed E-state index contributed by atoms with van der Waals surface area (Å²) in [6, 6.07) is 20.2. The molecule has 0 aliphatic heterocycles. The van der Waals surface area contributed by atoms with Gasteiger partial charge in [-0.2, -0.15) is 8.42 Å². The van der Waals surface area contributed by atoms with Gasteiger partial charge >= 0.3 is 10.1 Å². The number of thioether (sulfide) groups is 1. The first-order valence-electron chi connectivity index (χ1n) is 9.97. The number of aromatic nitrogens is 4. The second-order valence-corrected chi connectivity index (χ2v) is 9.91. The molecular formula is C23H22N4O3S2. The zero-order chi connectivity index (χ0) is 22.6. The molecule has 0 saturated carbocycles. The maximum atomic E-state index is 12.4. The fourth-order valence-corrected chi connectivity index (χ4v) is 5.43. The number of pyridine rings is 1. The van der Waals surface area contributed by atoms with E-state index in [0.29, 0.717) is 22.4 Å². The number of hydrogen-bond donors (Lipinski definition) is 0. The van der Waals surface area contributed by atoms with Gasteiger partial charge in [0, 0.05) is 11.9 Å². The number of rotatable bonds is 8. The highest BCUT2D eigenvalue weighted by atomic mass is 32.2. The van der Waals surface area contributed by atoms with Crippen molar-refractivity contribution in [1.29, 1.82) is 0 Å². The van der Waals surface area contributed by atoms with Crippen molar-refractivity contribution in [2.24, 2.45) is 0 Å². The van der Waals surface area contributed by atoms with Gasteiger partial charge in [-0.3, -0.25) is 9.55 Å². The first kappa shape index (κ1) is 22.0. The average molecular weight is 467 g/mol. The van der Waals surface area contributed by atoms with E-state index in [1.54, 1.807) is 36.5 Å². The Balaban J connectivity index is 1.59. The summed E-state index contributed by atoms with van der Waals surface area (Å²) in [5, 5.41) is 9.28. The van der Waals surface area contributed by atoms with Crippen molar-refractivity contribution in [1.82, 2.24) is 19.7 Å². The molecule has 2 aromatic heterocycles. The molecule has 0 unspecified atom stereocenters. The highest BCUT2D eigenvalue weighted by Gasteiger charge is 2.20. The maximum Gasteiger partial charge on any atom is 0.310 e. The molecule has 0 amide bonds. The van der Waals surface area contributed by atoms with Crippen molar-refractivity contribution in [2.75, 3.05) is 11.5 Å². The van der Waals surface area contributed by atoms with Crippen LogP contribution in [0.1, 0.15) is 11.1 Å². The summed E-state index contributed by atoms with van der Waals surface area (Å²) < 4.78 is 31.8. The van der Waals surface area contributed by atoms with Crippen molar-refractivity contribution in [2.45, 2.75) is 19.0 Å². The number of aryl methyl sites for hydroxylation is 2. The zero-order valence-electron chi connectivity index (χ0n) is 17.7. The molecule has 2 heterocycles. The first-order chi connectivity index (χ1) is 15.4. The molecule has 0 bridgehead atoms. The minimum absolute atomic E-state index is 0.161. The molecule has 0 atom stereocenters. The van der Waals surface area contributed by atoms with Crippen molar-refractivity contribution >= 4 is 21.9 Å². The number of nitrogens with zero attached hydrogens (tertiary/aromatic N) is 4. The lowest BCUT2D eigenvalue weighted by Crippen LogP contribution is -2.15. The van der Waals surface area contributed by atoms with Crippen LogP contribution in [0.2, 0.25) is 0 Å². The fourth-order valence-electron chi connectivity index (χ4n) is 3.20. The van der Waals surface area contributed by atoms with Gasteiger partial charge in [0.2, 0.25) is 0 Å². The van der Waals surface area contributed by atoms with Crippen molar-refractivity contribution < 1.29 is 12.6 Å². The third-order valence-electron chi connectivity index (χ3n) is 4.65. The molecular weight excluding hydrogens is 444 g/mol. The quantitative estimate of drug-likeness (QED) is 0.280. The Bertz CT molecular complexity index is 1310. The molecule has 32 heavy (non-hydrogen) atoms. The molecule has 164 valence electrons. The predicted molar refractivity (Wildman–Crippen MR) is 126 cm³/mol. The summed E-state index contributed by atoms with van der Waals surface area (Å²) in [4.78, 5) is 4.41. The van der Waals surface area contributed by atoms with Crippen LogP contribution in [0.25, 0.3) is 17.2 Å². The van der Waals surface area contributed by atoms with E-state index in [4.69, 9.17) is 4.18 Å². The van der Waals surface area contributed by atoms with E-state index in [1.165, 1.54) is 11.8 Å². The maximum absolute atomic E-state index is 12.4. The molecule has 0 radical (unpaired) electrons. The molecule has 0 N–H and O–H groups in total. The van der Waals surface area contributed by atoms with Gasteiger partial charge in [0.15, 0.2) is 11.0 Å². The third kappa shape index (κ3) is 5.17. The summed E-state index contributed by atoms with van der Waals surface area (Å²) in [5.41, 5.74) is 3.82. The van der Waals surface area contributed by atoms with Gasteiger partial charge in [-0.1, -0.05) is 53.7 Å². The van der Waals surface area contributed by atoms with Gasteiger partial charge in [-0.05, 0) is 49.7 Å². The van der Waals surface area contributed by atoms with Gasteiger partial charge < -0.3 is 4.18 Å². The van der Waals surface area contributed by atoms with E-state index < -0.39 is 10.1 Å². The minimum Gasteiger partial charge on any atom is -0.382 e. The summed E-state index contributed by atoms with van der Waals surface area (Å²) >= 11 is 1.31. The smallest absolute Gasteiger partial charge is 0.310 e. The Morgan fingerprint density at radius 2 is 1.75 bits per heavy atom. The van der Waals surface area contributed by atoms with Crippen LogP contribution in [0.5, 0.6) is 5.75 Å². The Morgan fingerprint density at radius 3 is 2.47 bits per heavy atom. The van der Waals surface area contributed by atoms with Crippen LogP contribution < -0.4 is 4.18 Å². The summed E-state index contributed by atoms with van der Waals surface area (Å²) in [7, 11) is -3.73. The lowest BCUT2D eigenvalue weighted by Gasteiger charge is -2.13. The van der Waals surface area contributed by atoms with Crippen LogP contribution in [-0.2, 0) is 10.1 Å².